The molecule has 2 fully saturated rings. The van der Waals surface area contributed by atoms with Crippen LogP contribution < -0.4 is 10.2 Å². The Morgan fingerprint density at radius 1 is 1.03 bits per heavy atom. The Kier molecular flexibility index (Phi) is 6.33. The van der Waals surface area contributed by atoms with Gasteiger partial charge in [0.1, 0.15) is 5.54 Å². The molecule has 1 N–H and O–H groups in total. The van der Waals surface area contributed by atoms with E-state index in [1.165, 1.54) is 17.0 Å². The van der Waals surface area contributed by atoms with Gasteiger partial charge in [0.05, 0.1) is 11.4 Å². The number of amides is 2. The maximum Gasteiger partial charge on any atom is 0.247 e. The van der Waals surface area contributed by atoms with Crippen LogP contribution in [0.1, 0.15) is 43.7 Å². The summed E-state index contributed by atoms with van der Waals surface area (Å²) >= 11 is 0. The van der Waals surface area contributed by atoms with Gasteiger partial charge >= 0.3 is 0 Å². The third-order valence-electron chi connectivity index (χ3n) is 6.92. The van der Waals surface area contributed by atoms with Gasteiger partial charge in [-0.2, -0.15) is 4.31 Å². The number of anilines is 1. The summed E-state index contributed by atoms with van der Waals surface area (Å²) in [5.74, 6) is -0.741. The highest BCUT2D eigenvalue weighted by Gasteiger charge is 2.51. The summed E-state index contributed by atoms with van der Waals surface area (Å²) in [6, 6.07) is 13.7. The summed E-state index contributed by atoms with van der Waals surface area (Å²) in [4.78, 5) is 28.8. The van der Waals surface area contributed by atoms with Crippen LogP contribution in [0.4, 0.5) is 5.69 Å². The van der Waals surface area contributed by atoms with Crippen LogP contribution in [-0.2, 0) is 19.6 Å². The number of sulfonamides is 1. The Hall–Kier alpha value is -2.71. The zero-order chi connectivity index (χ0) is 23.8. The molecule has 2 aliphatic rings. The molecule has 2 aromatic rings. The van der Waals surface area contributed by atoms with E-state index in [1.54, 1.807) is 25.1 Å². The van der Waals surface area contributed by atoms with Crippen molar-refractivity contribution in [3.63, 3.8) is 0 Å². The average Bonchev–Trinajstić information content (AvgIpc) is 3.30. The summed E-state index contributed by atoms with van der Waals surface area (Å²) in [5, 5.41) is 3.10. The molecule has 1 aliphatic heterocycles. The van der Waals surface area contributed by atoms with Gasteiger partial charge in [-0.3, -0.25) is 14.5 Å². The van der Waals surface area contributed by atoms with Gasteiger partial charge in [0.15, 0.2) is 0 Å². The molecule has 1 atom stereocenters. The molecule has 176 valence electrons. The Morgan fingerprint density at radius 3 is 2.36 bits per heavy atom. The van der Waals surface area contributed by atoms with E-state index in [2.05, 4.69) is 5.32 Å². The highest BCUT2D eigenvalue weighted by molar-refractivity contribution is 7.89. The van der Waals surface area contributed by atoms with E-state index in [1.807, 2.05) is 32.0 Å². The van der Waals surface area contributed by atoms with Crippen LogP contribution in [0.3, 0.4) is 0 Å². The van der Waals surface area contributed by atoms with E-state index >= 15 is 0 Å². The molecule has 1 saturated carbocycles. The minimum Gasteiger partial charge on any atom is -0.351 e. The number of hydrogen-bond acceptors (Lipinski definition) is 4. The zero-order valence-electron chi connectivity index (χ0n) is 19.4. The van der Waals surface area contributed by atoms with Crippen molar-refractivity contribution < 1.29 is 18.0 Å². The molecule has 1 unspecified atom stereocenters. The summed E-state index contributed by atoms with van der Waals surface area (Å²) in [7, 11) is -3.94. The lowest BCUT2D eigenvalue weighted by Crippen LogP contribution is -2.70. The van der Waals surface area contributed by atoms with Gasteiger partial charge in [0.25, 0.3) is 0 Å². The number of benzene rings is 2. The molecule has 0 aromatic heterocycles. The lowest BCUT2D eigenvalue weighted by Gasteiger charge is -2.47. The molecule has 33 heavy (non-hydrogen) atoms. The molecule has 4 rings (SSSR count). The second-order valence-electron chi connectivity index (χ2n) is 9.26. The molecule has 7 nitrogen and oxygen atoms in total. The Labute approximate surface area is 195 Å². The minimum atomic E-state index is -3.94. The van der Waals surface area contributed by atoms with Crippen molar-refractivity contribution in [2.75, 3.05) is 18.0 Å². The molecule has 0 radical (unpaired) electrons. The maximum atomic E-state index is 13.7. The van der Waals surface area contributed by atoms with E-state index in [0.29, 0.717) is 5.69 Å². The molecular formula is C25H31N3O4S. The normalized spacial score (nSPS) is 22.5. The maximum absolute atomic E-state index is 13.7. The molecular weight excluding hydrogens is 438 g/mol. The fraction of sp³-hybridized carbons (Fsp3) is 0.440. The molecule has 1 saturated heterocycles. The Morgan fingerprint density at radius 2 is 1.70 bits per heavy atom. The number of hydrogen-bond donors (Lipinski definition) is 1. The van der Waals surface area contributed by atoms with Crippen LogP contribution in [0.2, 0.25) is 0 Å². The van der Waals surface area contributed by atoms with E-state index in [9.17, 15) is 18.0 Å². The quantitative estimate of drug-likeness (QED) is 0.729. The lowest BCUT2D eigenvalue weighted by molar-refractivity contribution is -0.133. The van der Waals surface area contributed by atoms with Gasteiger partial charge in [-0.05, 0) is 62.9 Å². The topological polar surface area (TPSA) is 86.8 Å². The predicted octanol–water partition coefficient (Wildman–Crippen LogP) is 3.16. The first kappa shape index (κ1) is 23.4. The average molecular weight is 470 g/mol. The van der Waals surface area contributed by atoms with Crippen molar-refractivity contribution in [3.05, 3.63) is 59.7 Å². The lowest BCUT2D eigenvalue weighted by atomic mass is 9.92. The number of piperazine rings is 1. The summed E-state index contributed by atoms with van der Waals surface area (Å²) in [6.07, 6.45) is 3.89. The van der Waals surface area contributed by atoms with Gasteiger partial charge in [0, 0.05) is 18.3 Å². The number of nitrogens with one attached hydrogen (secondary N) is 1. The largest absolute Gasteiger partial charge is 0.351 e. The van der Waals surface area contributed by atoms with Gasteiger partial charge in [-0.15, -0.1) is 0 Å². The van der Waals surface area contributed by atoms with Crippen LogP contribution in [-0.4, -0.2) is 49.2 Å². The van der Waals surface area contributed by atoms with Crippen molar-refractivity contribution >= 4 is 27.5 Å². The Balaban J connectivity index is 1.77. The fourth-order valence-electron chi connectivity index (χ4n) is 4.84. The number of rotatable bonds is 5. The second-order valence-corrected chi connectivity index (χ2v) is 11.2. The van der Waals surface area contributed by atoms with E-state index < -0.39 is 21.5 Å². The van der Waals surface area contributed by atoms with Crippen LogP contribution in [0.5, 0.6) is 0 Å². The molecule has 2 amide bonds. The van der Waals surface area contributed by atoms with Gasteiger partial charge < -0.3 is 5.32 Å². The molecule has 1 aliphatic carbocycles. The highest BCUT2D eigenvalue weighted by atomic mass is 32.2. The van der Waals surface area contributed by atoms with Crippen molar-refractivity contribution in [1.29, 1.82) is 0 Å². The number of aryl methyl sites for hydroxylation is 1. The second kappa shape index (κ2) is 8.91. The summed E-state index contributed by atoms with van der Waals surface area (Å²) < 4.78 is 27.9. The van der Waals surface area contributed by atoms with Crippen molar-refractivity contribution in [3.8, 4) is 0 Å². The zero-order valence-corrected chi connectivity index (χ0v) is 20.2. The highest BCUT2D eigenvalue weighted by Crippen LogP contribution is 2.35. The van der Waals surface area contributed by atoms with Crippen LogP contribution in [0.25, 0.3) is 0 Å². The molecule has 0 bridgehead atoms. The molecule has 0 spiro atoms. The Bertz CT molecular complexity index is 1160. The van der Waals surface area contributed by atoms with Gasteiger partial charge in [0.2, 0.25) is 21.8 Å². The van der Waals surface area contributed by atoms with E-state index in [0.717, 1.165) is 41.1 Å². The fourth-order valence-corrected chi connectivity index (χ4v) is 6.34. The predicted molar refractivity (Wildman–Crippen MR) is 127 cm³/mol. The summed E-state index contributed by atoms with van der Waals surface area (Å²) in [5.41, 5.74) is 1.14. The third-order valence-corrected chi connectivity index (χ3v) is 8.72. The van der Waals surface area contributed by atoms with E-state index in [-0.39, 0.29) is 29.9 Å². The first-order valence-electron chi connectivity index (χ1n) is 11.4. The smallest absolute Gasteiger partial charge is 0.247 e. The number of carbonyl (C=O) groups is 2. The van der Waals surface area contributed by atoms with E-state index in [4.69, 9.17) is 0 Å². The van der Waals surface area contributed by atoms with Crippen LogP contribution in [0.15, 0.2) is 53.4 Å². The first-order valence-corrected chi connectivity index (χ1v) is 12.8. The first-order chi connectivity index (χ1) is 15.6. The SMILES string of the molecule is Cc1cccc(N2C(=O)CN(S(=O)(=O)c3ccccc3)CC2(C)C(=O)NC2CCCC2)c1C. The van der Waals surface area contributed by atoms with Crippen molar-refractivity contribution in [2.45, 2.75) is 62.9 Å². The van der Waals surface area contributed by atoms with Gasteiger partial charge in [-0.1, -0.05) is 43.2 Å². The number of carbonyl (C=O) groups excluding carboxylic acids is 2. The van der Waals surface area contributed by atoms with Crippen LogP contribution >= 0.6 is 0 Å². The molecule has 1 heterocycles. The minimum absolute atomic E-state index is 0.0472. The third kappa shape index (κ3) is 4.29. The van der Waals surface area contributed by atoms with Crippen molar-refractivity contribution in [1.82, 2.24) is 9.62 Å². The van der Waals surface area contributed by atoms with Gasteiger partial charge in [-0.25, -0.2) is 8.42 Å². The van der Waals surface area contributed by atoms with Crippen molar-refractivity contribution in [2.24, 2.45) is 0 Å². The molecule has 2 aromatic carbocycles. The molecule has 8 heteroatoms. The van der Waals surface area contributed by atoms with Crippen LogP contribution in [0, 0.1) is 13.8 Å². The number of nitrogens with zero attached hydrogens (tertiary/aromatic N) is 2. The summed E-state index contributed by atoms with van der Waals surface area (Å²) in [6.45, 7) is 5.10. The monoisotopic (exact) mass is 469 g/mol. The standard InChI is InChI=1S/C25H31N3O4S/c1-18-10-9-15-22(19(18)2)28-23(29)16-27(33(31,32)21-13-5-4-6-14-21)17-25(28,3)24(30)26-20-11-7-8-12-20/h4-6,9-10,13-15,20H,7-8,11-12,16-17H2,1-3H3,(H,26,30).